The van der Waals surface area contributed by atoms with E-state index < -0.39 is 32.8 Å². The van der Waals surface area contributed by atoms with Crippen molar-refractivity contribution in [1.82, 2.24) is 4.31 Å². The molecule has 1 atom stereocenters. The molecule has 19 heavy (non-hydrogen) atoms. The van der Waals surface area contributed by atoms with Gasteiger partial charge < -0.3 is 5.11 Å². The fourth-order valence-corrected chi connectivity index (χ4v) is 3.02. The molecular formula is C11H14F3NO3S. The van der Waals surface area contributed by atoms with Gasteiger partial charge >= 0.3 is 6.18 Å². The summed E-state index contributed by atoms with van der Waals surface area (Å²) in [4.78, 5) is -0.814. The predicted molar refractivity (Wildman–Crippen MR) is 62.9 cm³/mol. The van der Waals surface area contributed by atoms with E-state index in [-0.39, 0.29) is 6.54 Å². The van der Waals surface area contributed by atoms with Gasteiger partial charge in [0.05, 0.1) is 16.6 Å². The van der Waals surface area contributed by atoms with Crippen LogP contribution < -0.4 is 0 Å². The zero-order valence-corrected chi connectivity index (χ0v) is 11.2. The largest absolute Gasteiger partial charge is 0.417 e. The molecule has 1 aromatic carbocycles. The SMILES string of the molecule is CC(O)CN(C)S(=O)(=O)c1ccccc1C(F)(F)F. The Bertz CT molecular complexity index is 540. The molecule has 0 heterocycles. The Labute approximate surface area is 109 Å². The average Bonchev–Trinajstić information content (AvgIpc) is 2.27. The molecule has 1 unspecified atom stereocenters. The summed E-state index contributed by atoms with van der Waals surface area (Å²) in [6, 6.07) is 3.95. The van der Waals surface area contributed by atoms with Gasteiger partial charge in [0.25, 0.3) is 0 Å². The Balaban J connectivity index is 3.30. The maximum absolute atomic E-state index is 12.8. The smallest absolute Gasteiger partial charge is 0.392 e. The minimum Gasteiger partial charge on any atom is -0.392 e. The number of likely N-dealkylation sites (N-methyl/N-ethyl adjacent to an activating group) is 1. The monoisotopic (exact) mass is 297 g/mol. The van der Waals surface area contributed by atoms with E-state index in [1.54, 1.807) is 0 Å². The molecule has 4 nitrogen and oxygen atoms in total. The average molecular weight is 297 g/mol. The Morgan fingerprint density at radius 3 is 2.32 bits per heavy atom. The summed E-state index contributed by atoms with van der Waals surface area (Å²) in [7, 11) is -3.17. The molecule has 1 rings (SSSR count). The van der Waals surface area contributed by atoms with E-state index in [2.05, 4.69) is 0 Å². The van der Waals surface area contributed by atoms with Crippen LogP contribution in [-0.2, 0) is 16.2 Å². The molecule has 1 aromatic rings. The molecule has 0 saturated carbocycles. The van der Waals surface area contributed by atoms with Crippen LogP contribution >= 0.6 is 0 Å². The zero-order valence-electron chi connectivity index (χ0n) is 10.3. The lowest BCUT2D eigenvalue weighted by molar-refractivity contribution is -0.139. The molecule has 0 spiro atoms. The van der Waals surface area contributed by atoms with Gasteiger partial charge in [-0.1, -0.05) is 12.1 Å². The van der Waals surface area contributed by atoms with Crippen LogP contribution in [0.1, 0.15) is 12.5 Å². The first kappa shape index (κ1) is 15.9. The van der Waals surface area contributed by atoms with Gasteiger partial charge in [-0.05, 0) is 19.1 Å². The first-order chi connectivity index (χ1) is 8.56. The normalized spacial score (nSPS) is 14.7. The van der Waals surface area contributed by atoms with Crippen molar-refractivity contribution in [2.24, 2.45) is 0 Å². The van der Waals surface area contributed by atoms with E-state index in [0.717, 1.165) is 19.2 Å². The lowest BCUT2D eigenvalue weighted by Gasteiger charge is -2.21. The maximum Gasteiger partial charge on any atom is 0.417 e. The summed E-state index contributed by atoms with van der Waals surface area (Å²) >= 11 is 0. The highest BCUT2D eigenvalue weighted by Crippen LogP contribution is 2.34. The van der Waals surface area contributed by atoms with Crippen molar-refractivity contribution in [3.63, 3.8) is 0 Å². The van der Waals surface area contributed by atoms with Crippen LogP contribution in [-0.4, -0.2) is 37.5 Å². The van der Waals surface area contributed by atoms with Crippen LogP contribution in [0.3, 0.4) is 0 Å². The molecule has 0 fully saturated rings. The summed E-state index contributed by atoms with van der Waals surface area (Å²) in [5.41, 5.74) is -1.22. The number of rotatable bonds is 4. The molecule has 0 bridgehead atoms. The van der Waals surface area contributed by atoms with E-state index in [1.165, 1.54) is 13.0 Å². The van der Waals surface area contributed by atoms with Crippen molar-refractivity contribution >= 4 is 10.0 Å². The zero-order chi connectivity index (χ0) is 14.8. The molecule has 0 amide bonds. The third-order valence-electron chi connectivity index (χ3n) is 2.40. The van der Waals surface area contributed by atoms with Gasteiger partial charge in [0, 0.05) is 13.6 Å². The second-order valence-electron chi connectivity index (χ2n) is 4.13. The first-order valence-corrected chi connectivity index (χ1v) is 6.81. The van der Waals surface area contributed by atoms with Gasteiger partial charge in [0.15, 0.2) is 0 Å². The van der Waals surface area contributed by atoms with Gasteiger partial charge in [-0.3, -0.25) is 0 Å². The highest BCUT2D eigenvalue weighted by molar-refractivity contribution is 7.89. The number of hydrogen-bond acceptors (Lipinski definition) is 3. The summed E-state index contributed by atoms with van der Waals surface area (Å²) in [5.74, 6) is 0. The van der Waals surface area contributed by atoms with Crippen LogP contribution in [0.15, 0.2) is 29.2 Å². The molecule has 0 saturated heterocycles. The van der Waals surface area contributed by atoms with Crippen molar-refractivity contribution in [2.75, 3.05) is 13.6 Å². The summed E-state index contributed by atoms with van der Waals surface area (Å²) < 4.78 is 63.1. The highest BCUT2D eigenvalue weighted by Gasteiger charge is 2.38. The standard InChI is InChI=1S/C11H14F3NO3S/c1-8(16)7-15(2)19(17,18)10-6-4-3-5-9(10)11(12,13)14/h3-6,8,16H,7H2,1-2H3. The third kappa shape index (κ3) is 3.68. The molecule has 0 aromatic heterocycles. The van der Waals surface area contributed by atoms with Crippen molar-refractivity contribution in [3.05, 3.63) is 29.8 Å². The summed E-state index contributed by atoms with van der Waals surface area (Å²) in [6.07, 6.45) is -5.73. The van der Waals surface area contributed by atoms with Gasteiger partial charge in [0.2, 0.25) is 10.0 Å². The second-order valence-corrected chi connectivity index (χ2v) is 6.14. The van der Waals surface area contributed by atoms with Crippen LogP contribution in [0.2, 0.25) is 0 Å². The summed E-state index contributed by atoms with van der Waals surface area (Å²) in [5, 5.41) is 9.13. The molecule has 0 aliphatic carbocycles. The number of halogens is 3. The Hall–Kier alpha value is -1.12. The topological polar surface area (TPSA) is 57.6 Å². The first-order valence-electron chi connectivity index (χ1n) is 5.37. The number of nitrogens with zero attached hydrogens (tertiary/aromatic N) is 1. The van der Waals surface area contributed by atoms with Crippen molar-refractivity contribution in [3.8, 4) is 0 Å². The highest BCUT2D eigenvalue weighted by atomic mass is 32.2. The quantitative estimate of drug-likeness (QED) is 0.920. The number of alkyl halides is 3. The molecule has 0 aliphatic rings. The number of sulfonamides is 1. The van der Waals surface area contributed by atoms with E-state index in [1.807, 2.05) is 0 Å². The number of aliphatic hydroxyl groups excluding tert-OH is 1. The minimum absolute atomic E-state index is 0.283. The van der Waals surface area contributed by atoms with E-state index in [0.29, 0.717) is 10.4 Å². The van der Waals surface area contributed by atoms with Gasteiger partial charge in [-0.25, -0.2) is 8.42 Å². The molecule has 1 N–H and O–H groups in total. The lowest BCUT2D eigenvalue weighted by Crippen LogP contribution is -2.34. The minimum atomic E-state index is -4.75. The van der Waals surface area contributed by atoms with Gasteiger partial charge in [-0.2, -0.15) is 17.5 Å². The second kappa shape index (κ2) is 5.48. The van der Waals surface area contributed by atoms with Crippen LogP contribution in [0.5, 0.6) is 0 Å². The van der Waals surface area contributed by atoms with E-state index >= 15 is 0 Å². The molecule has 0 aliphatic heterocycles. The fourth-order valence-electron chi connectivity index (χ4n) is 1.56. The summed E-state index contributed by atoms with van der Waals surface area (Å²) in [6.45, 7) is 1.07. The van der Waals surface area contributed by atoms with Crippen LogP contribution in [0.4, 0.5) is 13.2 Å². The van der Waals surface area contributed by atoms with E-state index in [4.69, 9.17) is 5.11 Å². The molecule has 0 radical (unpaired) electrons. The number of aliphatic hydroxyl groups is 1. The Kier molecular flexibility index (Phi) is 4.59. The maximum atomic E-state index is 12.8. The lowest BCUT2D eigenvalue weighted by atomic mass is 10.2. The fraction of sp³-hybridized carbons (Fsp3) is 0.455. The number of hydrogen-bond donors (Lipinski definition) is 1. The van der Waals surface area contributed by atoms with Gasteiger partial charge in [0.1, 0.15) is 0 Å². The van der Waals surface area contributed by atoms with Crippen molar-refractivity contribution < 1.29 is 26.7 Å². The van der Waals surface area contributed by atoms with Crippen molar-refractivity contribution in [1.29, 1.82) is 0 Å². The molecule has 8 heteroatoms. The van der Waals surface area contributed by atoms with Crippen molar-refractivity contribution in [2.45, 2.75) is 24.1 Å². The van der Waals surface area contributed by atoms with Crippen LogP contribution in [0.25, 0.3) is 0 Å². The number of benzene rings is 1. The Morgan fingerprint density at radius 2 is 1.84 bits per heavy atom. The van der Waals surface area contributed by atoms with Gasteiger partial charge in [-0.15, -0.1) is 0 Å². The third-order valence-corrected chi connectivity index (χ3v) is 4.28. The molecular weight excluding hydrogens is 283 g/mol. The molecule has 108 valence electrons. The Morgan fingerprint density at radius 1 is 1.32 bits per heavy atom. The van der Waals surface area contributed by atoms with E-state index in [9.17, 15) is 21.6 Å². The predicted octanol–water partition coefficient (Wildman–Crippen LogP) is 1.71. The van der Waals surface area contributed by atoms with Crippen LogP contribution in [0, 0.1) is 0 Å².